The van der Waals surface area contributed by atoms with Crippen LogP contribution in [0, 0.1) is 0 Å². The number of hydrogen-bond acceptors (Lipinski definition) is 3. The fourth-order valence-corrected chi connectivity index (χ4v) is 2.02. The molecule has 4 N–H and O–H groups in total. The maximum atomic E-state index is 11.4. The molecule has 0 bridgehead atoms. The Morgan fingerprint density at radius 3 is 2.89 bits per heavy atom. The average Bonchev–Trinajstić information content (AvgIpc) is 3.03. The molecular weight excluding hydrogens is 242 g/mol. The summed E-state index contributed by atoms with van der Waals surface area (Å²) in [6.07, 6.45) is 2.62. The van der Waals surface area contributed by atoms with Crippen molar-refractivity contribution >= 4 is 16.9 Å². The highest BCUT2D eigenvalue weighted by Crippen LogP contribution is 2.21. The van der Waals surface area contributed by atoms with Crippen molar-refractivity contribution in [2.24, 2.45) is 5.73 Å². The molecule has 0 aliphatic carbocycles. The minimum absolute atomic E-state index is 0.409. The van der Waals surface area contributed by atoms with Gasteiger partial charge < -0.3 is 15.7 Å². The molecule has 3 aromatic rings. The van der Waals surface area contributed by atoms with Crippen molar-refractivity contribution < 1.29 is 4.79 Å². The van der Waals surface area contributed by atoms with Gasteiger partial charge in [-0.15, -0.1) is 0 Å². The van der Waals surface area contributed by atoms with Crippen LogP contribution >= 0.6 is 0 Å². The number of imidazole rings is 2. The summed E-state index contributed by atoms with van der Waals surface area (Å²) >= 11 is 0. The van der Waals surface area contributed by atoms with Crippen molar-refractivity contribution in [3.8, 4) is 11.5 Å². The Morgan fingerprint density at radius 1 is 1.37 bits per heavy atom. The largest absolute Gasteiger partial charge is 0.366 e. The van der Waals surface area contributed by atoms with E-state index in [1.165, 1.54) is 0 Å². The zero-order chi connectivity index (χ0) is 13.4. The molecule has 1 amide bonds. The van der Waals surface area contributed by atoms with E-state index in [1.807, 2.05) is 13.0 Å². The number of aromatic amines is 2. The summed E-state index contributed by atoms with van der Waals surface area (Å²) < 4.78 is 0. The highest BCUT2D eigenvalue weighted by molar-refractivity contribution is 6.04. The number of para-hydroxylation sites is 1. The van der Waals surface area contributed by atoms with Crippen LogP contribution in [0.3, 0.4) is 0 Å². The Balaban J connectivity index is 2.16. The minimum Gasteiger partial charge on any atom is -0.366 e. The number of aromatic nitrogens is 4. The maximum Gasteiger partial charge on any atom is 0.250 e. The third-order valence-corrected chi connectivity index (χ3v) is 2.99. The first-order chi connectivity index (χ1) is 9.19. The van der Waals surface area contributed by atoms with Gasteiger partial charge in [0, 0.05) is 12.6 Å². The lowest BCUT2D eigenvalue weighted by molar-refractivity contribution is 0.100. The Morgan fingerprint density at radius 2 is 2.21 bits per heavy atom. The fourth-order valence-electron chi connectivity index (χ4n) is 2.02. The summed E-state index contributed by atoms with van der Waals surface area (Å²) in [4.78, 5) is 26.4. The monoisotopic (exact) mass is 255 g/mol. The second-order valence-corrected chi connectivity index (χ2v) is 4.24. The van der Waals surface area contributed by atoms with Crippen molar-refractivity contribution in [3.63, 3.8) is 0 Å². The first kappa shape index (κ1) is 11.5. The van der Waals surface area contributed by atoms with E-state index in [0.717, 1.165) is 23.5 Å². The molecule has 96 valence electrons. The number of carbonyl (C=O) groups excluding carboxylic acids is 1. The number of nitrogens with zero attached hydrogens (tertiary/aromatic N) is 2. The van der Waals surface area contributed by atoms with Crippen molar-refractivity contribution in [2.75, 3.05) is 0 Å². The van der Waals surface area contributed by atoms with Crippen LogP contribution in [-0.2, 0) is 6.42 Å². The Labute approximate surface area is 109 Å². The van der Waals surface area contributed by atoms with E-state index < -0.39 is 5.91 Å². The number of carbonyl (C=O) groups is 1. The zero-order valence-electron chi connectivity index (χ0n) is 10.4. The lowest BCUT2D eigenvalue weighted by Crippen LogP contribution is -2.11. The average molecular weight is 255 g/mol. The molecular formula is C13H13N5O. The van der Waals surface area contributed by atoms with Crippen LogP contribution < -0.4 is 5.73 Å². The fraction of sp³-hybridized carbons (Fsp3) is 0.154. The van der Waals surface area contributed by atoms with E-state index in [-0.39, 0.29) is 0 Å². The standard InChI is InChI=1S/C13H13N5O/c1-2-10-15-6-9(16-10)13-17-8-5-3-4-7(12(14)19)11(8)18-13/h3-6H,2H2,1H3,(H2,14,19)(H,15,16)(H,17,18). The molecule has 6 heteroatoms. The van der Waals surface area contributed by atoms with Gasteiger partial charge in [0.15, 0.2) is 5.82 Å². The van der Waals surface area contributed by atoms with Gasteiger partial charge in [-0.05, 0) is 12.1 Å². The van der Waals surface area contributed by atoms with E-state index >= 15 is 0 Å². The molecule has 0 saturated carbocycles. The van der Waals surface area contributed by atoms with Gasteiger partial charge in [-0.25, -0.2) is 9.97 Å². The molecule has 0 spiro atoms. The van der Waals surface area contributed by atoms with Crippen LogP contribution in [0.15, 0.2) is 24.4 Å². The molecule has 0 unspecified atom stereocenters. The molecule has 2 heterocycles. The number of aryl methyl sites for hydroxylation is 1. The molecule has 0 saturated heterocycles. The summed E-state index contributed by atoms with van der Waals surface area (Å²) in [5.41, 5.74) is 7.82. The Kier molecular flexibility index (Phi) is 2.56. The van der Waals surface area contributed by atoms with Crippen LogP contribution in [0.1, 0.15) is 23.1 Å². The molecule has 2 aromatic heterocycles. The quantitative estimate of drug-likeness (QED) is 0.662. The highest BCUT2D eigenvalue weighted by Gasteiger charge is 2.13. The van der Waals surface area contributed by atoms with Crippen molar-refractivity contribution in [1.29, 1.82) is 0 Å². The summed E-state index contributed by atoms with van der Waals surface area (Å²) in [6, 6.07) is 5.29. The molecule has 0 atom stereocenters. The number of primary amides is 1. The van der Waals surface area contributed by atoms with Crippen LogP contribution in [0.5, 0.6) is 0 Å². The predicted octanol–water partition coefficient (Wildman–Crippen LogP) is 1.61. The van der Waals surface area contributed by atoms with Gasteiger partial charge in [0.2, 0.25) is 0 Å². The number of nitrogens with one attached hydrogen (secondary N) is 2. The van der Waals surface area contributed by atoms with E-state index in [1.54, 1.807) is 18.3 Å². The maximum absolute atomic E-state index is 11.4. The van der Waals surface area contributed by atoms with E-state index in [0.29, 0.717) is 16.9 Å². The number of H-pyrrole nitrogens is 2. The minimum atomic E-state index is -0.486. The molecule has 1 aromatic carbocycles. The lowest BCUT2D eigenvalue weighted by atomic mass is 10.2. The SMILES string of the molecule is CCc1nc(-c2nc3c(C(N)=O)cccc3[nH]2)c[nH]1. The normalized spacial score (nSPS) is 11.0. The third-order valence-electron chi connectivity index (χ3n) is 2.99. The molecule has 0 aliphatic heterocycles. The van der Waals surface area contributed by atoms with Crippen LogP contribution in [0.4, 0.5) is 0 Å². The number of hydrogen-bond donors (Lipinski definition) is 3. The van der Waals surface area contributed by atoms with Gasteiger partial charge in [-0.2, -0.15) is 0 Å². The van der Waals surface area contributed by atoms with Gasteiger partial charge in [-0.3, -0.25) is 4.79 Å². The zero-order valence-corrected chi connectivity index (χ0v) is 10.4. The summed E-state index contributed by atoms with van der Waals surface area (Å²) in [6.45, 7) is 2.02. The van der Waals surface area contributed by atoms with Gasteiger partial charge in [0.1, 0.15) is 17.0 Å². The third kappa shape index (κ3) is 1.87. The predicted molar refractivity (Wildman–Crippen MR) is 71.6 cm³/mol. The van der Waals surface area contributed by atoms with Crippen molar-refractivity contribution in [1.82, 2.24) is 19.9 Å². The lowest BCUT2D eigenvalue weighted by Gasteiger charge is -1.94. The number of rotatable bonds is 3. The van der Waals surface area contributed by atoms with Gasteiger partial charge in [0.05, 0.1) is 11.1 Å². The molecule has 0 radical (unpaired) electrons. The van der Waals surface area contributed by atoms with E-state index in [4.69, 9.17) is 5.73 Å². The Bertz CT molecular complexity index is 755. The second-order valence-electron chi connectivity index (χ2n) is 4.24. The molecule has 0 fully saturated rings. The van der Waals surface area contributed by atoms with Crippen LogP contribution in [0.25, 0.3) is 22.6 Å². The Hall–Kier alpha value is -2.63. The number of nitrogens with two attached hydrogens (primary N) is 1. The second kappa shape index (κ2) is 4.24. The number of amides is 1. The first-order valence-corrected chi connectivity index (χ1v) is 6.02. The topological polar surface area (TPSA) is 100 Å². The molecule has 6 nitrogen and oxygen atoms in total. The first-order valence-electron chi connectivity index (χ1n) is 6.02. The smallest absolute Gasteiger partial charge is 0.250 e. The summed E-state index contributed by atoms with van der Waals surface area (Å²) in [5.74, 6) is 1.03. The number of fused-ring (bicyclic) bond motifs is 1. The molecule has 3 rings (SSSR count). The molecule has 19 heavy (non-hydrogen) atoms. The summed E-state index contributed by atoms with van der Waals surface area (Å²) in [5, 5.41) is 0. The van der Waals surface area contributed by atoms with Gasteiger partial charge in [-0.1, -0.05) is 13.0 Å². The van der Waals surface area contributed by atoms with Crippen molar-refractivity contribution in [2.45, 2.75) is 13.3 Å². The van der Waals surface area contributed by atoms with Crippen LogP contribution in [0.2, 0.25) is 0 Å². The van der Waals surface area contributed by atoms with Gasteiger partial charge in [0.25, 0.3) is 5.91 Å². The number of benzene rings is 1. The van der Waals surface area contributed by atoms with Crippen molar-refractivity contribution in [3.05, 3.63) is 35.8 Å². The summed E-state index contributed by atoms with van der Waals surface area (Å²) in [7, 11) is 0. The van der Waals surface area contributed by atoms with E-state index in [9.17, 15) is 4.79 Å². The van der Waals surface area contributed by atoms with E-state index in [2.05, 4.69) is 19.9 Å². The molecule has 0 aliphatic rings. The van der Waals surface area contributed by atoms with Crippen LogP contribution in [-0.4, -0.2) is 25.8 Å². The highest BCUT2D eigenvalue weighted by atomic mass is 16.1. The van der Waals surface area contributed by atoms with Gasteiger partial charge >= 0.3 is 0 Å².